The van der Waals surface area contributed by atoms with Crippen molar-refractivity contribution in [1.29, 1.82) is 0 Å². The Balaban J connectivity index is 2.19. The van der Waals surface area contributed by atoms with Gasteiger partial charge in [0.05, 0.1) is 14.2 Å². The van der Waals surface area contributed by atoms with Gasteiger partial charge in [-0.25, -0.2) is 0 Å². The van der Waals surface area contributed by atoms with Gasteiger partial charge in [0.15, 0.2) is 11.5 Å². The molecule has 0 unspecified atom stereocenters. The van der Waals surface area contributed by atoms with E-state index in [0.29, 0.717) is 35.3 Å². The third-order valence-corrected chi connectivity index (χ3v) is 2.93. The number of benzene rings is 1. The minimum Gasteiger partial charge on any atom is -0.493 e. The molecule has 7 nitrogen and oxygen atoms in total. The van der Waals surface area contributed by atoms with Gasteiger partial charge in [-0.2, -0.15) is 4.98 Å². The van der Waals surface area contributed by atoms with Gasteiger partial charge in [-0.15, -0.1) is 0 Å². The first-order valence-corrected chi connectivity index (χ1v) is 6.89. The molecule has 0 saturated heterocycles. The Labute approximate surface area is 128 Å². The Kier molecular flexibility index (Phi) is 4.98. The van der Waals surface area contributed by atoms with Crippen LogP contribution in [0.15, 0.2) is 22.7 Å². The summed E-state index contributed by atoms with van der Waals surface area (Å²) in [5, 5.41) is 6.55. The predicted octanol–water partition coefficient (Wildman–Crippen LogP) is 2.14. The lowest BCUT2D eigenvalue weighted by Gasteiger charge is -2.07. The summed E-state index contributed by atoms with van der Waals surface area (Å²) in [7, 11) is 3.10. The number of nitrogens with zero attached hydrogens (tertiary/aromatic N) is 2. The lowest BCUT2D eigenvalue weighted by Crippen LogP contribution is -2.27. The van der Waals surface area contributed by atoms with Gasteiger partial charge >= 0.3 is 11.8 Å². The number of nitrogens with one attached hydrogen (secondary N) is 1. The van der Waals surface area contributed by atoms with Gasteiger partial charge in [-0.1, -0.05) is 19.0 Å². The van der Waals surface area contributed by atoms with Gasteiger partial charge < -0.3 is 19.3 Å². The zero-order valence-electron chi connectivity index (χ0n) is 13.0. The molecule has 0 fully saturated rings. The second-order valence-corrected chi connectivity index (χ2v) is 5.10. The normalized spacial score (nSPS) is 10.6. The summed E-state index contributed by atoms with van der Waals surface area (Å²) in [5.41, 5.74) is 0.671. The van der Waals surface area contributed by atoms with Crippen molar-refractivity contribution in [2.75, 3.05) is 20.8 Å². The monoisotopic (exact) mass is 305 g/mol. The molecule has 7 heteroatoms. The lowest BCUT2D eigenvalue weighted by molar-refractivity contribution is 0.0905. The molecule has 2 aromatic rings. The summed E-state index contributed by atoms with van der Waals surface area (Å²) in [6.07, 6.45) is 0. The van der Waals surface area contributed by atoms with Crippen LogP contribution in [-0.4, -0.2) is 36.8 Å². The number of carbonyl (C=O) groups is 1. The maximum Gasteiger partial charge on any atom is 0.316 e. The SMILES string of the molecule is COc1ccc(-c2noc(C(=O)NCC(C)C)n2)cc1OC. The molecule has 2 rings (SSSR count). The van der Waals surface area contributed by atoms with E-state index in [2.05, 4.69) is 15.5 Å². The van der Waals surface area contributed by atoms with Gasteiger partial charge in [0.25, 0.3) is 0 Å². The number of carbonyl (C=O) groups excluding carboxylic acids is 1. The number of methoxy groups -OCH3 is 2. The highest BCUT2D eigenvalue weighted by Crippen LogP contribution is 2.31. The van der Waals surface area contributed by atoms with Gasteiger partial charge in [-0.05, 0) is 24.1 Å². The predicted molar refractivity (Wildman–Crippen MR) is 80.0 cm³/mol. The largest absolute Gasteiger partial charge is 0.493 e. The van der Waals surface area contributed by atoms with Crippen molar-refractivity contribution < 1.29 is 18.8 Å². The Morgan fingerprint density at radius 3 is 2.64 bits per heavy atom. The van der Waals surface area contributed by atoms with E-state index in [1.165, 1.54) is 0 Å². The van der Waals surface area contributed by atoms with Crippen LogP contribution in [0.5, 0.6) is 11.5 Å². The summed E-state index contributed by atoms with van der Waals surface area (Å²) in [5.74, 6) is 1.37. The molecule has 0 saturated carbocycles. The molecule has 0 atom stereocenters. The smallest absolute Gasteiger partial charge is 0.316 e. The van der Waals surface area contributed by atoms with Gasteiger partial charge in [0, 0.05) is 12.1 Å². The topological polar surface area (TPSA) is 86.5 Å². The Bertz CT molecular complexity index is 652. The van der Waals surface area contributed by atoms with Crippen LogP contribution in [-0.2, 0) is 0 Å². The first-order chi connectivity index (χ1) is 10.5. The van der Waals surface area contributed by atoms with Gasteiger partial charge in [-0.3, -0.25) is 4.79 Å². The molecule has 0 bridgehead atoms. The van der Waals surface area contributed by atoms with E-state index in [1.807, 2.05) is 13.8 Å². The number of hydrogen-bond donors (Lipinski definition) is 1. The Hall–Kier alpha value is -2.57. The average molecular weight is 305 g/mol. The quantitative estimate of drug-likeness (QED) is 0.880. The molecule has 1 aromatic carbocycles. The Morgan fingerprint density at radius 1 is 1.27 bits per heavy atom. The lowest BCUT2D eigenvalue weighted by atomic mass is 10.2. The van der Waals surface area contributed by atoms with Crippen molar-refractivity contribution in [2.45, 2.75) is 13.8 Å². The summed E-state index contributed by atoms with van der Waals surface area (Å²) in [4.78, 5) is 16.0. The first kappa shape index (κ1) is 15.8. The summed E-state index contributed by atoms with van der Waals surface area (Å²) in [6, 6.07) is 5.23. The van der Waals surface area contributed by atoms with E-state index < -0.39 is 0 Å². The van der Waals surface area contributed by atoms with E-state index in [0.717, 1.165) is 0 Å². The van der Waals surface area contributed by atoms with Crippen molar-refractivity contribution in [3.63, 3.8) is 0 Å². The van der Waals surface area contributed by atoms with Crippen LogP contribution in [0.2, 0.25) is 0 Å². The van der Waals surface area contributed by atoms with Crippen molar-refractivity contribution in [1.82, 2.24) is 15.5 Å². The molecule has 0 radical (unpaired) electrons. The number of aromatic nitrogens is 2. The van der Waals surface area contributed by atoms with Crippen molar-refractivity contribution >= 4 is 5.91 Å². The third kappa shape index (κ3) is 3.55. The highest BCUT2D eigenvalue weighted by atomic mass is 16.5. The number of amides is 1. The van der Waals surface area contributed by atoms with E-state index in [-0.39, 0.29) is 11.8 Å². The van der Waals surface area contributed by atoms with Crippen LogP contribution in [0.4, 0.5) is 0 Å². The summed E-state index contributed by atoms with van der Waals surface area (Å²) >= 11 is 0. The third-order valence-electron chi connectivity index (χ3n) is 2.93. The van der Waals surface area contributed by atoms with Crippen molar-refractivity contribution in [3.8, 4) is 22.9 Å². The van der Waals surface area contributed by atoms with Crippen LogP contribution in [0, 0.1) is 5.92 Å². The van der Waals surface area contributed by atoms with Crippen LogP contribution < -0.4 is 14.8 Å². The van der Waals surface area contributed by atoms with E-state index >= 15 is 0 Å². The van der Waals surface area contributed by atoms with Crippen LogP contribution in [0.25, 0.3) is 11.4 Å². The fourth-order valence-electron chi connectivity index (χ4n) is 1.78. The molecule has 1 heterocycles. The average Bonchev–Trinajstić information content (AvgIpc) is 3.01. The van der Waals surface area contributed by atoms with Crippen molar-refractivity contribution in [3.05, 3.63) is 24.1 Å². The van der Waals surface area contributed by atoms with E-state index in [9.17, 15) is 4.79 Å². The summed E-state index contributed by atoms with van der Waals surface area (Å²) < 4.78 is 15.4. The highest BCUT2D eigenvalue weighted by Gasteiger charge is 2.17. The van der Waals surface area contributed by atoms with Crippen molar-refractivity contribution in [2.24, 2.45) is 5.92 Å². The van der Waals surface area contributed by atoms with Gasteiger partial charge in [0.1, 0.15) is 0 Å². The van der Waals surface area contributed by atoms with Crippen LogP contribution >= 0.6 is 0 Å². The minimum atomic E-state index is -0.382. The maximum atomic E-state index is 11.9. The fraction of sp³-hybridized carbons (Fsp3) is 0.400. The zero-order chi connectivity index (χ0) is 16.1. The number of ether oxygens (including phenoxy) is 2. The molecule has 0 spiro atoms. The van der Waals surface area contributed by atoms with E-state index in [4.69, 9.17) is 14.0 Å². The molecule has 22 heavy (non-hydrogen) atoms. The fourth-order valence-corrected chi connectivity index (χ4v) is 1.78. The maximum absolute atomic E-state index is 11.9. The molecule has 0 aliphatic heterocycles. The minimum absolute atomic E-state index is 0.0644. The molecule has 1 N–H and O–H groups in total. The number of rotatable bonds is 6. The molecule has 1 amide bonds. The molecule has 0 aliphatic rings. The second kappa shape index (κ2) is 6.93. The van der Waals surface area contributed by atoms with Gasteiger partial charge in [0.2, 0.25) is 5.82 Å². The molecule has 0 aliphatic carbocycles. The van der Waals surface area contributed by atoms with E-state index in [1.54, 1.807) is 32.4 Å². The highest BCUT2D eigenvalue weighted by molar-refractivity contribution is 5.89. The summed E-state index contributed by atoms with van der Waals surface area (Å²) in [6.45, 7) is 4.55. The van der Waals surface area contributed by atoms with Crippen LogP contribution in [0.3, 0.4) is 0 Å². The molecular formula is C15H19N3O4. The Morgan fingerprint density at radius 2 is 2.00 bits per heavy atom. The second-order valence-electron chi connectivity index (χ2n) is 5.10. The zero-order valence-corrected chi connectivity index (χ0v) is 13.0. The first-order valence-electron chi connectivity index (χ1n) is 6.89. The standard InChI is InChI=1S/C15H19N3O4/c1-9(2)8-16-14(19)15-17-13(18-22-15)10-5-6-11(20-3)12(7-10)21-4/h5-7,9H,8H2,1-4H3,(H,16,19). The number of hydrogen-bond acceptors (Lipinski definition) is 6. The van der Waals surface area contributed by atoms with Crippen LogP contribution in [0.1, 0.15) is 24.5 Å². The molecule has 118 valence electrons. The molecule has 1 aromatic heterocycles. The molecular weight excluding hydrogens is 286 g/mol.